The highest BCUT2D eigenvalue weighted by Crippen LogP contribution is 2.31. The summed E-state index contributed by atoms with van der Waals surface area (Å²) in [5, 5.41) is 14.5. The Kier molecular flexibility index (Phi) is 4.25. The Balaban J connectivity index is 1.91. The lowest BCUT2D eigenvalue weighted by Gasteiger charge is -2.38. The summed E-state index contributed by atoms with van der Waals surface area (Å²) in [5.74, 6) is -1.87. The number of rotatable bonds is 5. The predicted octanol–water partition coefficient (Wildman–Crippen LogP) is 2.01. The molecule has 5 nitrogen and oxygen atoms in total. The average Bonchev–Trinajstić information content (AvgIpc) is 2.31. The van der Waals surface area contributed by atoms with E-state index in [1.807, 2.05) is 0 Å². The van der Waals surface area contributed by atoms with Crippen molar-refractivity contribution in [3.63, 3.8) is 0 Å². The van der Waals surface area contributed by atoms with Crippen LogP contribution in [0.3, 0.4) is 0 Å². The van der Waals surface area contributed by atoms with E-state index in [1.54, 1.807) is 0 Å². The zero-order valence-corrected chi connectivity index (χ0v) is 11.3. The first kappa shape index (κ1) is 14.7. The van der Waals surface area contributed by atoms with Crippen molar-refractivity contribution < 1.29 is 19.1 Å². The van der Waals surface area contributed by atoms with Crippen molar-refractivity contribution in [3.05, 3.63) is 29.0 Å². The number of nitrogens with one attached hydrogen (secondary N) is 2. The van der Waals surface area contributed by atoms with Gasteiger partial charge in [-0.1, -0.05) is 11.6 Å². The van der Waals surface area contributed by atoms with Crippen LogP contribution in [0.5, 0.6) is 0 Å². The van der Waals surface area contributed by atoms with E-state index in [0.29, 0.717) is 12.8 Å². The van der Waals surface area contributed by atoms with Gasteiger partial charge in [-0.15, -0.1) is 0 Å². The van der Waals surface area contributed by atoms with Crippen molar-refractivity contribution in [2.75, 3.05) is 11.9 Å². The van der Waals surface area contributed by atoms with Crippen LogP contribution in [0.25, 0.3) is 0 Å². The first-order chi connectivity index (χ1) is 9.43. The summed E-state index contributed by atoms with van der Waals surface area (Å²) in [5.41, 5.74) is -0.706. The summed E-state index contributed by atoms with van der Waals surface area (Å²) in [6, 6.07) is 3.63. The van der Waals surface area contributed by atoms with Crippen LogP contribution in [0.15, 0.2) is 18.2 Å². The van der Waals surface area contributed by atoms with Gasteiger partial charge in [0.2, 0.25) is 5.91 Å². The van der Waals surface area contributed by atoms with E-state index in [9.17, 15) is 14.0 Å². The maximum absolute atomic E-state index is 12.9. The molecule has 108 valence electrons. The lowest BCUT2D eigenvalue weighted by Crippen LogP contribution is -2.58. The number of hydrogen-bond acceptors (Lipinski definition) is 3. The summed E-state index contributed by atoms with van der Waals surface area (Å²) in [6.45, 7) is -0.139. The molecule has 0 bridgehead atoms. The van der Waals surface area contributed by atoms with E-state index in [-0.39, 0.29) is 17.3 Å². The normalized spacial score (nSPS) is 16.3. The Morgan fingerprint density at radius 3 is 2.60 bits per heavy atom. The second-order valence-corrected chi connectivity index (χ2v) is 5.17. The molecular weight excluding hydrogens is 287 g/mol. The number of aliphatic carboxylic acids is 1. The fraction of sp³-hybridized carbons (Fsp3) is 0.385. The Morgan fingerprint density at radius 1 is 1.40 bits per heavy atom. The van der Waals surface area contributed by atoms with Gasteiger partial charge >= 0.3 is 5.97 Å². The number of amides is 1. The van der Waals surface area contributed by atoms with Gasteiger partial charge in [-0.2, -0.15) is 0 Å². The third-order valence-corrected chi connectivity index (χ3v) is 3.72. The van der Waals surface area contributed by atoms with Gasteiger partial charge in [-0.05, 0) is 37.5 Å². The zero-order valence-electron chi connectivity index (χ0n) is 10.6. The topological polar surface area (TPSA) is 78.4 Å². The van der Waals surface area contributed by atoms with Gasteiger partial charge < -0.3 is 10.4 Å². The highest BCUT2D eigenvalue weighted by molar-refractivity contribution is 6.33. The Morgan fingerprint density at radius 2 is 2.10 bits per heavy atom. The second-order valence-electron chi connectivity index (χ2n) is 4.77. The van der Waals surface area contributed by atoms with E-state index >= 15 is 0 Å². The average molecular weight is 301 g/mol. The maximum Gasteiger partial charge on any atom is 0.323 e. The van der Waals surface area contributed by atoms with Crippen molar-refractivity contribution in [3.8, 4) is 0 Å². The van der Waals surface area contributed by atoms with Crippen LogP contribution in [-0.4, -0.2) is 29.1 Å². The Labute approximate surface area is 120 Å². The maximum atomic E-state index is 12.9. The van der Waals surface area contributed by atoms with Gasteiger partial charge in [-0.25, -0.2) is 4.39 Å². The molecule has 1 aliphatic rings. The largest absolute Gasteiger partial charge is 0.480 e. The first-order valence-corrected chi connectivity index (χ1v) is 6.54. The molecule has 1 aromatic rings. The van der Waals surface area contributed by atoms with Crippen molar-refractivity contribution in [2.24, 2.45) is 0 Å². The first-order valence-electron chi connectivity index (χ1n) is 6.16. The molecule has 3 N–H and O–H groups in total. The molecule has 0 unspecified atom stereocenters. The SMILES string of the molecule is O=C(CNC1(C(=O)O)CCC1)Nc1ccc(F)cc1Cl. The molecule has 0 atom stereocenters. The van der Waals surface area contributed by atoms with E-state index < -0.39 is 23.2 Å². The highest BCUT2D eigenvalue weighted by atomic mass is 35.5. The number of hydrogen-bond donors (Lipinski definition) is 3. The fourth-order valence-electron chi connectivity index (χ4n) is 2.03. The number of anilines is 1. The molecule has 1 amide bonds. The molecule has 20 heavy (non-hydrogen) atoms. The number of carbonyl (C=O) groups is 2. The van der Waals surface area contributed by atoms with E-state index in [1.165, 1.54) is 12.1 Å². The minimum Gasteiger partial charge on any atom is -0.480 e. The quantitative estimate of drug-likeness (QED) is 0.777. The molecule has 0 radical (unpaired) electrons. The van der Waals surface area contributed by atoms with Gasteiger partial charge in [0, 0.05) is 0 Å². The molecule has 0 aromatic heterocycles. The number of benzene rings is 1. The van der Waals surface area contributed by atoms with Crippen molar-refractivity contribution in [2.45, 2.75) is 24.8 Å². The van der Waals surface area contributed by atoms with Crippen molar-refractivity contribution >= 4 is 29.2 Å². The monoisotopic (exact) mass is 300 g/mol. The number of carboxylic acid groups (broad SMARTS) is 1. The van der Waals surface area contributed by atoms with E-state index in [4.69, 9.17) is 16.7 Å². The summed E-state index contributed by atoms with van der Waals surface area (Å²) in [4.78, 5) is 22.8. The summed E-state index contributed by atoms with van der Waals surface area (Å²) < 4.78 is 12.9. The summed E-state index contributed by atoms with van der Waals surface area (Å²) >= 11 is 5.78. The highest BCUT2D eigenvalue weighted by Gasteiger charge is 2.44. The minimum absolute atomic E-state index is 0.0925. The molecule has 0 aliphatic heterocycles. The Bertz CT molecular complexity index is 546. The molecule has 0 spiro atoms. The van der Waals surface area contributed by atoms with Crippen molar-refractivity contribution in [1.82, 2.24) is 5.32 Å². The molecule has 0 heterocycles. The van der Waals surface area contributed by atoms with Gasteiger partial charge in [-0.3, -0.25) is 14.9 Å². The summed E-state index contributed by atoms with van der Waals surface area (Å²) in [6.07, 6.45) is 1.84. The molecule has 7 heteroatoms. The fourth-order valence-corrected chi connectivity index (χ4v) is 2.25. The molecule has 1 saturated carbocycles. The third-order valence-electron chi connectivity index (χ3n) is 3.41. The van der Waals surface area contributed by atoms with Crippen molar-refractivity contribution in [1.29, 1.82) is 0 Å². The van der Waals surface area contributed by atoms with Gasteiger partial charge in [0.05, 0.1) is 17.3 Å². The van der Waals surface area contributed by atoms with Crippen LogP contribution in [0.1, 0.15) is 19.3 Å². The molecule has 1 aromatic carbocycles. The molecule has 1 fully saturated rings. The molecule has 0 saturated heterocycles. The standard InChI is InChI=1S/C13H14ClFN2O3/c14-9-6-8(15)2-3-10(9)17-11(18)7-16-13(12(19)20)4-1-5-13/h2-3,6,16H,1,4-5,7H2,(H,17,18)(H,19,20). The van der Waals surface area contributed by atoms with Crippen LogP contribution < -0.4 is 10.6 Å². The predicted molar refractivity (Wildman–Crippen MR) is 72.3 cm³/mol. The summed E-state index contributed by atoms with van der Waals surface area (Å²) in [7, 11) is 0. The number of carboxylic acids is 1. The zero-order chi connectivity index (χ0) is 14.8. The minimum atomic E-state index is -0.996. The Hall–Kier alpha value is -1.66. The lowest BCUT2D eigenvalue weighted by atomic mass is 9.77. The van der Waals surface area contributed by atoms with Gasteiger partial charge in [0.25, 0.3) is 0 Å². The van der Waals surface area contributed by atoms with Crippen LogP contribution in [-0.2, 0) is 9.59 Å². The van der Waals surface area contributed by atoms with Crippen LogP contribution in [0.4, 0.5) is 10.1 Å². The van der Waals surface area contributed by atoms with Gasteiger partial charge in [0.1, 0.15) is 11.4 Å². The van der Waals surface area contributed by atoms with Crippen LogP contribution in [0.2, 0.25) is 5.02 Å². The van der Waals surface area contributed by atoms with Gasteiger partial charge in [0.15, 0.2) is 0 Å². The molecular formula is C13H14ClFN2O3. The second kappa shape index (κ2) is 5.76. The van der Waals surface area contributed by atoms with Crippen LogP contribution >= 0.6 is 11.6 Å². The smallest absolute Gasteiger partial charge is 0.323 e. The number of carbonyl (C=O) groups excluding carboxylic acids is 1. The third kappa shape index (κ3) is 3.08. The molecule has 1 aliphatic carbocycles. The van der Waals surface area contributed by atoms with E-state index in [2.05, 4.69) is 10.6 Å². The lowest BCUT2D eigenvalue weighted by molar-refractivity contribution is -0.148. The molecule has 2 rings (SSSR count). The van der Waals surface area contributed by atoms with Crippen LogP contribution in [0, 0.1) is 5.82 Å². The number of halogens is 2. The van der Waals surface area contributed by atoms with E-state index in [0.717, 1.165) is 12.5 Å².